The van der Waals surface area contributed by atoms with Crippen LogP contribution < -0.4 is 15.7 Å². The topological polar surface area (TPSA) is 126 Å². The number of benzene rings is 2. The Morgan fingerprint density at radius 1 is 1.07 bits per heavy atom. The first kappa shape index (κ1) is 18.0. The number of para-hydroxylation sites is 1. The minimum Gasteiger partial charge on any atom is -0.506 e. The Labute approximate surface area is 152 Å². The molecule has 8 heteroatoms. The second-order valence-corrected chi connectivity index (χ2v) is 5.60. The molecule has 0 saturated carbocycles. The minimum absolute atomic E-state index is 0.00860. The molecule has 0 fully saturated rings. The summed E-state index contributed by atoms with van der Waals surface area (Å²) in [6.45, 7) is -0.485. The van der Waals surface area contributed by atoms with E-state index in [9.17, 15) is 19.5 Å². The molecule has 8 nitrogen and oxygen atoms in total. The van der Waals surface area contributed by atoms with Crippen LogP contribution in [0.3, 0.4) is 0 Å². The Balaban J connectivity index is 1.96. The summed E-state index contributed by atoms with van der Waals surface area (Å²) in [5.74, 6) is -2.71. The van der Waals surface area contributed by atoms with E-state index in [0.717, 1.165) is 5.56 Å². The van der Waals surface area contributed by atoms with Crippen molar-refractivity contribution in [3.63, 3.8) is 0 Å². The van der Waals surface area contributed by atoms with Crippen LogP contribution in [0.25, 0.3) is 11.0 Å². The van der Waals surface area contributed by atoms with Crippen LogP contribution in [0.5, 0.6) is 11.5 Å². The van der Waals surface area contributed by atoms with E-state index in [1.54, 1.807) is 12.1 Å². The van der Waals surface area contributed by atoms with Gasteiger partial charge >= 0.3 is 11.6 Å². The minimum atomic E-state index is -1.29. The lowest BCUT2D eigenvalue weighted by atomic mass is 10.1. The van der Waals surface area contributed by atoms with Crippen molar-refractivity contribution >= 4 is 22.8 Å². The van der Waals surface area contributed by atoms with Gasteiger partial charge in [-0.15, -0.1) is 0 Å². The summed E-state index contributed by atoms with van der Waals surface area (Å²) in [6, 6.07) is 13.9. The zero-order valence-electron chi connectivity index (χ0n) is 14.0. The van der Waals surface area contributed by atoms with Crippen molar-refractivity contribution in [1.29, 1.82) is 0 Å². The summed E-state index contributed by atoms with van der Waals surface area (Å²) in [6.07, 6.45) is 0. The molecule has 0 aliphatic heterocycles. The van der Waals surface area contributed by atoms with Gasteiger partial charge in [-0.05, 0) is 17.7 Å². The third-order valence-electron chi connectivity index (χ3n) is 3.73. The van der Waals surface area contributed by atoms with Crippen molar-refractivity contribution in [2.75, 3.05) is 6.54 Å². The van der Waals surface area contributed by atoms with Crippen molar-refractivity contribution in [2.45, 2.75) is 6.61 Å². The van der Waals surface area contributed by atoms with E-state index >= 15 is 0 Å². The molecule has 0 unspecified atom stereocenters. The molecule has 1 heterocycles. The molecule has 27 heavy (non-hydrogen) atoms. The molecule has 0 spiro atoms. The van der Waals surface area contributed by atoms with Gasteiger partial charge < -0.3 is 24.7 Å². The summed E-state index contributed by atoms with van der Waals surface area (Å²) >= 11 is 0. The predicted octanol–water partition coefficient (Wildman–Crippen LogP) is 1.89. The fourth-order valence-corrected chi connectivity index (χ4v) is 2.48. The molecule has 1 amide bonds. The lowest BCUT2D eigenvalue weighted by Crippen LogP contribution is -2.32. The van der Waals surface area contributed by atoms with Crippen molar-refractivity contribution in [2.24, 2.45) is 0 Å². The number of fused-ring (bicyclic) bond motifs is 1. The zero-order chi connectivity index (χ0) is 19.4. The van der Waals surface area contributed by atoms with Gasteiger partial charge in [-0.25, -0.2) is 4.79 Å². The van der Waals surface area contributed by atoms with Crippen molar-refractivity contribution < 1.29 is 29.0 Å². The number of hydrogen-bond acceptors (Lipinski definition) is 6. The maximum Gasteiger partial charge on any atom is 0.353 e. The van der Waals surface area contributed by atoms with Gasteiger partial charge in [0.1, 0.15) is 18.9 Å². The largest absolute Gasteiger partial charge is 0.506 e. The molecule has 138 valence electrons. The highest BCUT2D eigenvalue weighted by Gasteiger charge is 2.22. The van der Waals surface area contributed by atoms with Crippen molar-refractivity contribution in [1.82, 2.24) is 5.32 Å². The molecule has 0 radical (unpaired) electrons. The highest BCUT2D eigenvalue weighted by molar-refractivity contribution is 6.03. The first-order chi connectivity index (χ1) is 13.0. The number of carbonyl (C=O) groups excluding carboxylic acids is 1. The molecular formula is C19H15NO7. The van der Waals surface area contributed by atoms with E-state index in [1.807, 2.05) is 35.6 Å². The number of ether oxygens (including phenoxy) is 1. The van der Waals surface area contributed by atoms with Crippen LogP contribution in [0.15, 0.2) is 57.7 Å². The Bertz CT molecular complexity index is 1060. The summed E-state index contributed by atoms with van der Waals surface area (Å²) in [7, 11) is 0. The number of carboxylic acid groups (broad SMARTS) is 1. The van der Waals surface area contributed by atoms with E-state index in [1.165, 1.54) is 6.07 Å². The normalized spacial score (nSPS) is 10.5. The maximum atomic E-state index is 12.2. The Hall–Kier alpha value is -3.81. The third-order valence-corrected chi connectivity index (χ3v) is 3.73. The molecule has 3 N–H and O–H groups in total. The number of amides is 1. The number of aliphatic carboxylic acids is 1. The van der Waals surface area contributed by atoms with Gasteiger partial charge in [0.2, 0.25) is 0 Å². The monoisotopic (exact) mass is 369 g/mol. The Morgan fingerprint density at radius 2 is 1.81 bits per heavy atom. The number of carbonyl (C=O) groups is 2. The van der Waals surface area contributed by atoms with Crippen molar-refractivity contribution in [3.8, 4) is 11.5 Å². The molecule has 0 atom stereocenters. The van der Waals surface area contributed by atoms with E-state index in [4.69, 9.17) is 14.3 Å². The van der Waals surface area contributed by atoms with Crippen LogP contribution >= 0.6 is 0 Å². The van der Waals surface area contributed by atoms with Gasteiger partial charge in [0.05, 0.1) is 5.39 Å². The number of aromatic hydroxyl groups is 1. The van der Waals surface area contributed by atoms with Crippen LogP contribution in [0.1, 0.15) is 15.9 Å². The van der Waals surface area contributed by atoms with Crippen LogP contribution in [0.4, 0.5) is 0 Å². The molecular weight excluding hydrogens is 354 g/mol. The average molecular weight is 369 g/mol. The van der Waals surface area contributed by atoms with Gasteiger partial charge in [-0.2, -0.15) is 0 Å². The van der Waals surface area contributed by atoms with Crippen LogP contribution in [0, 0.1) is 0 Å². The molecule has 0 aliphatic carbocycles. The lowest BCUT2D eigenvalue weighted by molar-refractivity contribution is -0.135. The molecule has 3 rings (SSSR count). The number of hydrogen-bond donors (Lipinski definition) is 3. The fraction of sp³-hybridized carbons (Fsp3) is 0.105. The predicted molar refractivity (Wildman–Crippen MR) is 94.9 cm³/mol. The van der Waals surface area contributed by atoms with Gasteiger partial charge in [0.25, 0.3) is 5.91 Å². The number of nitrogens with one attached hydrogen (secondary N) is 1. The molecule has 0 bridgehead atoms. The summed E-state index contributed by atoms with van der Waals surface area (Å²) in [4.78, 5) is 34.7. The van der Waals surface area contributed by atoms with E-state index in [-0.39, 0.29) is 23.3 Å². The summed E-state index contributed by atoms with van der Waals surface area (Å²) in [5.41, 5.74) is -0.876. The van der Waals surface area contributed by atoms with E-state index in [2.05, 4.69) is 0 Å². The highest BCUT2D eigenvalue weighted by Crippen LogP contribution is 2.32. The summed E-state index contributed by atoms with van der Waals surface area (Å²) < 4.78 is 10.8. The van der Waals surface area contributed by atoms with E-state index < -0.39 is 35.4 Å². The second kappa shape index (κ2) is 7.61. The van der Waals surface area contributed by atoms with Gasteiger partial charge in [-0.3, -0.25) is 9.59 Å². The number of carboxylic acids is 1. The van der Waals surface area contributed by atoms with Crippen molar-refractivity contribution in [3.05, 3.63) is 70.1 Å². The first-order valence-electron chi connectivity index (χ1n) is 7.93. The van der Waals surface area contributed by atoms with Crippen LogP contribution in [0.2, 0.25) is 0 Å². The van der Waals surface area contributed by atoms with Gasteiger partial charge in [0.15, 0.2) is 16.9 Å². The second-order valence-electron chi connectivity index (χ2n) is 5.60. The molecule has 1 aromatic heterocycles. The Kier molecular flexibility index (Phi) is 5.07. The standard InChI is InChI=1S/C19H15NO7/c21-14(22)9-20-18(24)15-16(23)12-7-4-8-13(17(12)27-19(15)25)26-10-11-5-2-1-3-6-11/h1-8,23H,9-10H2,(H,20,24)(H,21,22). The SMILES string of the molecule is O=C(O)CNC(=O)c1c(O)c2cccc(OCc3ccccc3)c2oc1=O. The fourth-order valence-electron chi connectivity index (χ4n) is 2.48. The smallest absolute Gasteiger partial charge is 0.353 e. The van der Waals surface area contributed by atoms with Crippen LogP contribution in [-0.2, 0) is 11.4 Å². The third kappa shape index (κ3) is 3.90. The van der Waals surface area contributed by atoms with E-state index in [0.29, 0.717) is 0 Å². The average Bonchev–Trinajstić information content (AvgIpc) is 2.65. The maximum absolute atomic E-state index is 12.2. The van der Waals surface area contributed by atoms with Gasteiger partial charge in [-0.1, -0.05) is 36.4 Å². The highest BCUT2D eigenvalue weighted by atomic mass is 16.5. The Morgan fingerprint density at radius 3 is 2.52 bits per heavy atom. The lowest BCUT2D eigenvalue weighted by Gasteiger charge is -2.10. The quantitative estimate of drug-likeness (QED) is 0.566. The zero-order valence-corrected chi connectivity index (χ0v) is 14.0. The molecule has 0 saturated heterocycles. The molecule has 0 aliphatic rings. The van der Waals surface area contributed by atoms with Crippen LogP contribution in [-0.4, -0.2) is 28.6 Å². The summed E-state index contributed by atoms with van der Waals surface area (Å²) in [5, 5.41) is 21.1. The number of rotatable bonds is 6. The molecule has 3 aromatic rings. The first-order valence-corrected chi connectivity index (χ1v) is 7.93. The van der Waals surface area contributed by atoms with Gasteiger partial charge in [0, 0.05) is 0 Å². The molecule has 2 aromatic carbocycles.